The van der Waals surface area contributed by atoms with E-state index in [4.69, 9.17) is 0 Å². The van der Waals surface area contributed by atoms with E-state index in [1.807, 2.05) is 6.07 Å². The Morgan fingerprint density at radius 2 is 1.18 bits per heavy atom. The maximum absolute atomic E-state index is 3.48. The van der Waals surface area contributed by atoms with Gasteiger partial charge in [0.05, 0.1) is 0 Å². The van der Waals surface area contributed by atoms with Crippen LogP contribution in [-0.2, 0) is 36.1 Å². The van der Waals surface area contributed by atoms with Crippen LogP contribution < -0.4 is 24.8 Å². The zero-order valence-corrected chi connectivity index (χ0v) is 33.1. The van der Waals surface area contributed by atoms with E-state index in [2.05, 4.69) is 175 Å². The fraction of sp³-hybridized carbons (Fsp3) is 0.174. The van der Waals surface area contributed by atoms with Crippen LogP contribution in [0.4, 0.5) is 0 Å². The molecular formula is C46H42Cl2Zr-2. The summed E-state index contributed by atoms with van der Waals surface area (Å²) in [6, 6.07) is 51.4. The zero-order chi connectivity index (χ0) is 33.1. The van der Waals surface area contributed by atoms with Crippen molar-refractivity contribution in [3.8, 4) is 11.1 Å². The first kappa shape index (κ1) is 38.3. The van der Waals surface area contributed by atoms with Gasteiger partial charge >= 0.3 is 112 Å². The van der Waals surface area contributed by atoms with E-state index in [1.54, 1.807) is 0 Å². The first-order chi connectivity index (χ1) is 22.6. The second-order valence-electron chi connectivity index (χ2n) is 13.7. The van der Waals surface area contributed by atoms with E-state index in [1.165, 1.54) is 105 Å². The molecule has 0 heterocycles. The summed E-state index contributed by atoms with van der Waals surface area (Å²) in [7, 11) is 0. The fourth-order valence-corrected chi connectivity index (χ4v) is 7.51. The van der Waals surface area contributed by atoms with E-state index in [0.29, 0.717) is 5.41 Å². The van der Waals surface area contributed by atoms with Crippen LogP contribution in [0.1, 0.15) is 65.3 Å². The Morgan fingerprint density at radius 3 is 1.73 bits per heavy atom. The minimum absolute atomic E-state index is 0. The number of halogens is 2. The van der Waals surface area contributed by atoms with Gasteiger partial charge in [-0.25, -0.2) is 12.1 Å². The normalized spacial score (nSPS) is 11.2. The summed E-state index contributed by atoms with van der Waals surface area (Å²) >= 11 is 1.46. The smallest absolute Gasteiger partial charge is 0.0240 e. The summed E-state index contributed by atoms with van der Waals surface area (Å²) in [5.74, 6) is 0. The predicted octanol–water partition coefficient (Wildman–Crippen LogP) is 5.80. The molecule has 7 aromatic carbocycles. The van der Waals surface area contributed by atoms with Crippen molar-refractivity contribution in [2.24, 2.45) is 0 Å². The molecule has 0 N–H and O–H groups in total. The van der Waals surface area contributed by atoms with Gasteiger partial charge in [0, 0.05) is 0 Å². The summed E-state index contributed by atoms with van der Waals surface area (Å²) in [5.41, 5.74) is 14.2. The van der Waals surface area contributed by atoms with Crippen LogP contribution in [0.25, 0.3) is 32.7 Å². The van der Waals surface area contributed by atoms with Crippen molar-refractivity contribution >= 4 is 24.8 Å². The van der Waals surface area contributed by atoms with Crippen molar-refractivity contribution in [3.63, 3.8) is 0 Å². The monoisotopic (exact) mass is 754 g/mol. The van der Waals surface area contributed by atoms with E-state index >= 15 is 0 Å². The van der Waals surface area contributed by atoms with Crippen molar-refractivity contribution in [2.75, 3.05) is 0 Å². The van der Waals surface area contributed by atoms with Crippen LogP contribution in [0, 0.1) is 26.8 Å². The van der Waals surface area contributed by atoms with Gasteiger partial charge in [-0.05, 0) is 28.5 Å². The van der Waals surface area contributed by atoms with Crippen LogP contribution in [0.3, 0.4) is 0 Å². The van der Waals surface area contributed by atoms with Gasteiger partial charge in [0.25, 0.3) is 0 Å². The molecule has 0 radical (unpaired) electrons. The number of hydrogen-bond donors (Lipinski definition) is 0. The van der Waals surface area contributed by atoms with Gasteiger partial charge in [-0.3, -0.25) is 0 Å². The number of fused-ring (bicyclic) bond motifs is 8. The topological polar surface area (TPSA) is 0 Å². The third-order valence-corrected chi connectivity index (χ3v) is 10.5. The third-order valence-electron chi connectivity index (χ3n) is 9.12. The van der Waals surface area contributed by atoms with E-state index in [9.17, 15) is 0 Å². The number of hydrogen-bond acceptors (Lipinski definition) is 0. The molecule has 1 aliphatic carbocycles. The van der Waals surface area contributed by atoms with Crippen LogP contribution in [0.15, 0.2) is 133 Å². The molecule has 0 bridgehead atoms. The predicted molar refractivity (Wildman–Crippen MR) is 200 cm³/mol. The molecule has 0 atom stereocenters. The molecule has 0 aromatic heterocycles. The summed E-state index contributed by atoms with van der Waals surface area (Å²) in [6.07, 6.45) is 1.02. The maximum Gasteiger partial charge on any atom is -0.0240 e. The first-order valence-electron chi connectivity index (χ1n) is 16.5. The molecule has 0 saturated heterocycles. The Bertz CT molecular complexity index is 2130. The van der Waals surface area contributed by atoms with E-state index < -0.39 is 0 Å². The summed E-state index contributed by atoms with van der Waals surface area (Å²) in [5, 5.41) is 5.30. The van der Waals surface area contributed by atoms with Crippen LogP contribution in [0.2, 0.25) is 0 Å². The molecule has 0 unspecified atom stereocenters. The molecule has 7 aromatic rings. The Kier molecular flexibility index (Phi) is 12.9. The van der Waals surface area contributed by atoms with E-state index in [0.717, 1.165) is 6.42 Å². The molecule has 0 saturated carbocycles. The number of benzene rings is 6. The molecule has 246 valence electrons. The Labute approximate surface area is 320 Å². The second kappa shape index (κ2) is 16.5. The van der Waals surface area contributed by atoms with Crippen molar-refractivity contribution < 1.29 is 49.0 Å². The molecule has 49 heavy (non-hydrogen) atoms. The standard InChI is InChI=1S/C21H13.C15H14.C10H15.2ClH.Zr/c1-2-8-15-14(7-1)13-20-18-11-4-3-9-16(18)17-10-5-6-12-19(17)21(15)20;1-12-3-7-14(8-4-12)11-15-9-5-13(2)6-10-15;1-8-6-5-7-9(8)10(2,3)4;;;/h1-10,12H,13H2;3-10H,1-2H3;5-7H,1-4H3;2*1H;/q-1;;-1;;;+2/p-2. The molecule has 0 amide bonds. The average molecular weight is 757 g/mol. The molecule has 3 heteroatoms. The number of rotatable bonds is 2. The largest absolute Gasteiger partial charge is 1.00 e. The van der Waals surface area contributed by atoms with Crippen LogP contribution in [0.5, 0.6) is 0 Å². The second-order valence-corrected chi connectivity index (χ2v) is 14.9. The van der Waals surface area contributed by atoms with Crippen molar-refractivity contribution in [3.05, 3.63) is 184 Å². The quantitative estimate of drug-likeness (QED) is 0.155. The van der Waals surface area contributed by atoms with Crippen molar-refractivity contribution in [1.29, 1.82) is 0 Å². The fourth-order valence-electron chi connectivity index (χ4n) is 6.69. The Hall–Kier alpha value is -3.48. The molecule has 1 aliphatic rings. The average Bonchev–Trinajstić information content (AvgIpc) is 3.70. The summed E-state index contributed by atoms with van der Waals surface area (Å²) in [4.78, 5) is 0. The Balaban J connectivity index is 0.000000173. The van der Waals surface area contributed by atoms with Gasteiger partial charge in [0.1, 0.15) is 0 Å². The van der Waals surface area contributed by atoms with E-state index in [-0.39, 0.29) is 24.8 Å². The number of aryl methyl sites for hydroxylation is 3. The third kappa shape index (κ3) is 8.46. The zero-order valence-electron chi connectivity index (χ0n) is 29.2. The molecule has 0 aliphatic heterocycles. The summed E-state index contributed by atoms with van der Waals surface area (Å²) in [6.45, 7) is 13.2. The SMILES string of the molecule is Cc1ccc([C](=[Zr+2])c2ccc(C)cc2)cc1.Cc1ccc[c-]1C(C)(C)C.[Cl-].[Cl-].[c-]1cccc2c1c1c(c3ccccc32)-c2ccccc2C1. The van der Waals surface area contributed by atoms with Gasteiger partial charge in [-0.15, -0.1) is 46.2 Å². The van der Waals surface area contributed by atoms with Gasteiger partial charge in [-0.2, -0.15) is 11.6 Å². The van der Waals surface area contributed by atoms with Crippen LogP contribution >= 0.6 is 0 Å². The van der Waals surface area contributed by atoms with Gasteiger partial charge in [0.15, 0.2) is 0 Å². The van der Waals surface area contributed by atoms with Gasteiger partial charge in [-0.1, -0.05) is 87.0 Å². The first-order valence-corrected chi connectivity index (χ1v) is 17.7. The van der Waals surface area contributed by atoms with Gasteiger partial charge < -0.3 is 24.8 Å². The minimum Gasteiger partial charge on any atom is -1.00 e. The minimum atomic E-state index is 0. The van der Waals surface area contributed by atoms with Crippen molar-refractivity contribution in [1.82, 2.24) is 0 Å². The molecule has 0 nitrogen and oxygen atoms in total. The molecular weight excluding hydrogens is 715 g/mol. The maximum atomic E-state index is 3.48. The Morgan fingerprint density at radius 1 is 0.633 bits per heavy atom. The van der Waals surface area contributed by atoms with Crippen LogP contribution in [-0.4, -0.2) is 3.21 Å². The molecule has 0 spiro atoms. The molecule has 8 rings (SSSR count). The summed E-state index contributed by atoms with van der Waals surface area (Å²) < 4.78 is 1.42. The molecule has 0 fully saturated rings. The van der Waals surface area contributed by atoms with Crippen molar-refractivity contribution in [2.45, 2.75) is 53.4 Å². The van der Waals surface area contributed by atoms with Gasteiger partial charge in [0.2, 0.25) is 0 Å².